The van der Waals surface area contributed by atoms with E-state index in [0.29, 0.717) is 26.2 Å². The van der Waals surface area contributed by atoms with Crippen molar-refractivity contribution >= 4 is 22.6 Å². The molecule has 0 radical (unpaired) electrons. The first-order chi connectivity index (χ1) is 6.98. The molecular weight excluding hydrogens is 254 g/mol. The minimum absolute atomic E-state index is 0. The van der Waals surface area contributed by atoms with Gasteiger partial charge in [0.1, 0.15) is 0 Å². The number of rotatable bonds is 5. The summed E-state index contributed by atoms with van der Waals surface area (Å²) in [6, 6.07) is -0.0319. The Labute approximate surface area is 103 Å². The number of nitrogens with zero attached hydrogens (tertiary/aromatic N) is 2. The minimum atomic E-state index is -3.34. The Balaban J connectivity index is 0.00000225. The number of hydrogen-bond donors (Lipinski definition) is 1. The highest BCUT2D eigenvalue weighted by atomic mass is 35.5. The van der Waals surface area contributed by atoms with Gasteiger partial charge >= 0.3 is 0 Å². The summed E-state index contributed by atoms with van der Waals surface area (Å²) in [4.78, 5) is 0. The molecule has 0 bridgehead atoms. The van der Waals surface area contributed by atoms with Crippen LogP contribution in [0.1, 0.15) is 6.42 Å². The summed E-state index contributed by atoms with van der Waals surface area (Å²) in [5, 5.41) is 0. The van der Waals surface area contributed by atoms with Gasteiger partial charge in [0.25, 0.3) is 10.2 Å². The number of ether oxygens (including phenoxy) is 1. The monoisotopic (exact) mass is 273 g/mol. The highest BCUT2D eigenvalue weighted by molar-refractivity contribution is 7.86. The summed E-state index contributed by atoms with van der Waals surface area (Å²) in [5.41, 5.74) is 5.67. The van der Waals surface area contributed by atoms with E-state index in [0.717, 1.165) is 6.42 Å². The van der Waals surface area contributed by atoms with Crippen LogP contribution in [0, 0.1) is 0 Å². The quantitative estimate of drug-likeness (QED) is 0.716. The molecule has 0 saturated carbocycles. The molecule has 16 heavy (non-hydrogen) atoms. The predicted octanol–water partition coefficient (Wildman–Crippen LogP) is -0.736. The third kappa shape index (κ3) is 3.83. The number of hydrogen-bond acceptors (Lipinski definition) is 4. The highest BCUT2D eigenvalue weighted by Crippen LogP contribution is 2.14. The van der Waals surface area contributed by atoms with E-state index in [1.165, 1.54) is 8.61 Å². The van der Waals surface area contributed by atoms with Gasteiger partial charge in [-0.25, -0.2) is 0 Å². The lowest BCUT2D eigenvalue weighted by Gasteiger charge is -2.23. The fourth-order valence-corrected chi connectivity index (χ4v) is 2.91. The van der Waals surface area contributed by atoms with Gasteiger partial charge in [0, 0.05) is 39.8 Å². The van der Waals surface area contributed by atoms with Crippen molar-refractivity contribution in [2.45, 2.75) is 12.5 Å². The lowest BCUT2D eigenvalue weighted by Crippen LogP contribution is -2.42. The topological polar surface area (TPSA) is 75.9 Å². The maximum absolute atomic E-state index is 11.9. The molecule has 98 valence electrons. The maximum atomic E-state index is 11.9. The van der Waals surface area contributed by atoms with E-state index in [1.807, 2.05) is 0 Å². The Morgan fingerprint density at radius 2 is 2.19 bits per heavy atom. The lowest BCUT2D eigenvalue weighted by molar-refractivity contribution is 0.183. The summed E-state index contributed by atoms with van der Waals surface area (Å²) >= 11 is 0. The second kappa shape index (κ2) is 6.73. The molecule has 1 unspecified atom stereocenters. The first-order valence-electron chi connectivity index (χ1n) is 4.94. The standard InChI is InChI=1S/C8H19N3O3S.ClH/c1-10(5-6-14-2)15(12,13)11-4-3-8(9)7-11;/h8H,3-7,9H2,1-2H3;1H. The lowest BCUT2D eigenvalue weighted by atomic mass is 10.3. The van der Waals surface area contributed by atoms with E-state index in [1.54, 1.807) is 14.2 Å². The summed E-state index contributed by atoms with van der Waals surface area (Å²) in [7, 11) is -0.236. The second-order valence-corrected chi connectivity index (χ2v) is 5.76. The molecule has 1 fully saturated rings. The van der Waals surface area contributed by atoms with Crippen molar-refractivity contribution < 1.29 is 13.2 Å². The smallest absolute Gasteiger partial charge is 0.281 e. The van der Waals surface area contributed by atoms with E-state index in [-0.39, 0.29) is 18.4 Å². The molecule has 8 heteroatoms. The van der Waals surface area contributed by atoms with Crippen LogP contribution in [0.4, 0.5) is 0 Å². The van der Waals surface area contributed by atoms with Crippen molar-refractivity contribution in [2.75, 3.05) is 40.4 Å². The maximum Gasteiger partial charge on any atom is 0.281 e. The summed E-state index contributed by atoms with van der Waals surface area (Å²) in [6.45, 7) is 1.70. The van der Waals surface area contributed by atoms with Crippen molar-refractivity contribution in [1.29, 1.82) is 0 Å². The Morgan fingerprint density at radius 3 is 2.62 bits per heavy atom. The van der Waals surface area contributed by atoms with E-state index >= 15 is 0 Å². The summed E-state index contributed by atoms with van der Waals surface area (Å²) in [5.74, 6) is 0. The van der Waals surface area contributed by atoms with Crippen molar-refractivity contribution in [1.82, 2.24) is 8.61 Å². The molecule has 0 aliphatic carbocycles. The normalized spacial score (nSPS) is 22.4. The molecule has 0 aromatic rings. The SMILES string of the molecule is COCCN(C)S(=O)(=O)N1CCC(N)C1.Cl. The molecule has 0 amide bonds. The zero-order valence-electron chi connectivity index (χ0n) is 9.63. The number of halogens is 1. The van der Waals surface area contributed by atoms with E-state index in [4.69, 9.17) is 10.5 Å². The van der Waals surface area contributed by atoms with Crippen LogP contribution in [0.25, 0.3) is 0 Å². The molecule has 1 heterocycles. The second-order valence-electron chi connectivity index (χ2n) is 3.73. The van der Waals surface area contributed by atoms with Crippen LogP contribution in [0.2, 0.25) is 0 Å². The summed E-state index contributed by atoms with van der Waals surface area (Å²) in [6.07, 6.45) is 0.733. The van der Waals surface area contributed by atoms with Gasteiger partial charge in [-0.15, -0.1) is 12.4 Å². The van der Waals surface area contributed by atoms with Crippen molar-refractivity contribution in [3.63, 3.8) is 0 Å². The van der Waals surface area contributed by atoms with Gasteiger partial charge in [-0.05, 0) is 6.42 Å². The number of likely N-dealkylation sites (N-methyl/N-ethyl adjacent to an activating group) is 1. The zero-order chi connectivity index (χ0) is 11.5. The highest BCUT2D eigenvalue weighted by Gasteiger charge is 2.32. The van der Waals surface area contributed by atoms with Gasteiger partial charge in [-0.2, -0.15) is 17.0 Å². The molecule has 1 rings (SSSR count). The van der Waals surface area contributed by atoms with Gasteiger partial charge in [-0.1, -0.05) is 0 Å². The van der Waals surface area contributed by atoms with Crippen LogP contribution >= 0.6 is 12.4 Å². The van der Waals surface area contributed by atoms with Crippen LogP contribution in [0.5, 0.6) is 0 Å². The molecule has 0 aromatic carbocycles. The van der Waals surface area contributed by atoms with Gasteiger partial charge < -0.3 is 10.5 Å². The minimum Gasteiger partial charge on any atom is -0.383 e. The molecule has 1 aliphatic rings. The molecule has 2 N–H and O–H groups in total. The van der Waals surface area contributed by atoms with Gasteiger partial charge in [0.05, 0.1) is 6.61 Å². The van der Waals surface area contributed by atoms with Gasteiger partial charge in [-0.3, -0.25) is 0 Å². The first kappa shape index (κ1) is 16.1. The largest absolute Gasteiger partial charge is 0.383 e. The van der Waals surface area contributed by atoms with Crippen LogP contribution in [-0.2, 0) is 14.9 Å². The fraction of sp³-hybridized carbons (Fsp3) is 1.00. The van der Waals surface area contributed by atoms with Crippen LogP contribution < -0.4 is 5.73 Å². The molecular formula is C8H20ClN3O3S. The van der Waals surface area contributed by atoms with Gasteiger partial charge in [0.2, 0.25) is 0 Å². The molecule has 0 aromatic heterocycles. The molecule has 0 spiro atoms. The molecule has 1 saturated heterocycles. The average molecular weight is 274 g/mol. The zero-order valence-corrected chi connectivity index (χ0v) is 11.3. The summed E-state index contributed by atoms with van der Waals surface area (Å²) < 4.78 is 31.4. The fourth-order valence-electron chi connectivity index (χ4n) is 1.50. The van der Waals surface area contributed by atoms with E-state index in [9.17, 15) is 8.42 Å². The van der Waals surface area contributed by atoms with Crippen molar-refractivity contribution in [2.24, 2.45) is 5.73 Å². The van der Waals surface area contributed by atoms with Crippen molar-refractivity contribution in [3.05, 3.63) is 0 Å². The Morgan fingerprint density at radius 1 is 1.56 bits per heavy atom. The molecule has 1 aliphatic heterocycles. The van der Waals surface area contributed by atoms with Crippen molar-refractivity contribution in [3.8, 4) is 0 Å². The van der Waals surface area contributed by atoms with E-state index in [2.05, 4.69) is 0 Å². The average Bonchev–Trinajstić information content (AvgIpc) is 2.61. The first-order valence-corrected chi connectivity index (χ1v) is 6.34. The number of methoxy groups -OCH3 is 1. The Hall–Kier alpha value is 0.0800. The Bertz CT molecular complexity index is 299. The molecule has 1 atom stereocenters. The van der Waals surface area contributed by atoms with Crippen LogP contribution in [0.3, 0.4) is 0 Å². The van der Waals surface area contributed by atoms with Gasteiger partial charge in [0.15, 0.2) is 0 Å². The molecule has 6 nitrogen and oxygen atoms in total. The Kier molecular flexibility index (Phi) is 6.76. The predicted molar refractivity (Wildman–Crippen MR) is 64.8 cm³/mol. The van der Waals surface area contributed by atoms with E-state index < -0.39 is 10.2 Å². The number of nitrogens with two attached hydrogens (primary N) is 1. The van der Waals surface area contributed by atoms with Crippen LogP contribution in [0.15, 0.2) is 0 Å². The van der Waals surface area contributed by atoms with Crippen LogP contribution in [-0.4, -0.2) is 63.5 Å². The third-order valence-electron chi connectivity index (χ3n) is 2.52. The third-order valence-corrected chi connectivity index (χ3v) is 4.47.